The summed E-state index contributed by atoms with van der Waals surface area (Å²) in [5, 5.41) is 18.5. The summed E-state index contributed by atoms with van der Waals surface area (Å²) < 4.78 is 9.01. The highest BCUT2D eigenvalue weighted by molar-refractivity contribution is 6.00. The molecule has 11 heteroatoms. The lowest BCUT2D eigenvalue weighted by Crippen LogP contribution is -2.49. The number of hydrogen-bond acceptors (Lipinski definition) is 8. The summed E-state index contributed by atoms with van der Waals surface area (Å²) in [5.74, 6) is 0.926. The summed E-state index contributed by atoms with van der Waals surface area (Å²) in [6.45, 7) is 5.56. The van der Waals surface area contributed by atoms with Crippen LogP contribution in [0.25, 0.3) is 27.8 Å². The number of morpholine rings is 1. The molecule has 4 aromatic heterocycles. The summed E-state index contributed by atoms with van der Waals surface area (Å²) in [6, 6.07) is 16.3. The maximum Gasteiger partial charge on any atom is 0.256 e. The standard InChI is InChI=1S/C32H31N9O2.CH4/c1-37-21-26(20-35-37)24-16-28(31-25(17-33)19-36-41(31)22-24)23-6-7-30(34-18-23)39-8-10-40(11-9-39)32(42)27-4-2-3-5-29(27)38-12-14-43-15-13-38;/h2-7,16,18-22H,8-15H2,1H3;1H4. The van der Waals surface area contributed by atoms with Gasteiger partial charge in [-0.25, -0.2) is 9.50 Å². The van der Waals surface area contributed by atoms with E-state index in [0.717, 1.165) is 57.9 Å². The molecular weight excluding hydrogens is 554 g/mol. The summed E-state index contributed by atoms with van der Waals surface area (Å²) in [5.41, 5.74) is 6.66. The third-order valence-corrected chi connectivity index (χ3v) is 8.21. The molecule has 0 radical (unpaired) electrons. The number of carbonyl (C=O) groups is 1. The van der Waals surface area contributed by atoms with Gasteiger partial charge in [0.25, 0.3) is 5.91 Å². The number of amides is 1. The third-order valence-electron chi connectivity index (χ3n) is 8.21. The van der Waals surface area contributed by atoms with Crippen molar-refractivity contribution >= 4 is 22.9 Å². The van der Waals surface area contributed by atoms with Crippen molar-refractivity contribution in [3.8, 4) is 28.3 Å². The number of rotatable bonds is 5. The Hall–Kier alpha value is -5.21. The molecule has 0 saturated carbocycles. The number of aryl methyl sites for hydroxylation is 1. The molecule has 7 rings (SSSR count). The number of benzene rings is 1. The molecule has 0 bridgehead atoms. The number of nitriles is 1. The van der Waals surface area contributed by atoms with E-state index < -0.39 is 0 Å². The number of ether oxygens (including phenoxy) is 1. The Morgan fingerprint density at radius 2 is 1.66 bits per heavy atom. The molecule has 11 nitrogen and oxygen atoms in total. The lowest BCUT2D eigenvalue weighted by atomic mass is 10.0. The maximum absolute atomic E-state index is 13.6. The Morgan fingerprint density at radius 3 is 2.36 bits per heavy atom. The first-order valence-corrected chi connectivity index (χ1v) is 14.4. The number of para-hydroxylation sites is 1. The second-order valence-electron chi connectivity index (χ2n) is 10.8. The number of nitrogens with zero attached hydrogens (tertiary/aromatic N) is 9. The molecule has 44 heavy (non-hydrogen) atoms. The third kappa shape index (κ3) is 5.36. The highest BCUT2D eigenvalue weighted by Gasteiger charge is 2.26. The van der Waals surface area contributed by atoms with E-state index in [-0.39, 0.29) is 13.3 Å². The lowest BCUT2D eigenvalue weighted by molar-refractivity contribution is 0.0746. The average molecular weight is 590 g/mol. The first-order valence-electron chi connectivity index (χ1n) is 14.4. The molecular formula is C33H35N9O2. The predicted octanol–water partition coefficient (Wildman–Crippen LogP) is 4.10. The number of aromatic nitrogens is 5. The quantitative estimate of drug-likeness (QED) is 0.302. The Morgan fingerprint density at radius 1 is 0.864 bits per heavy atom. The van der Waals surface area contributed by atoms with Gasteiger partial charge in [0.05, 0.1) is 42.3 Å². The van der Waals surface area contributed by atoms with E-state index in [2.05, 4.69) is 32.1 Å². The van der Waals surface area contributed by atoms with Gasteiger partial charge in [-0.15, -0.1) is 0 Å². The van der Waals surface area contributed by atoms with E-state index in [9.17, 15) is 10.1 Å². The van der Waals surface area contributed by atoms with Crippen molar-refractivity contribution < 1.29 is 9.53 Å². The molecule has 2 aliphatic rings. The highest BCUT2D eigenvalue weighted by Crippen LogP contribution is 2.32. The maximum atomic E-state index is 13.6. The number of anilines is 2. The molecule has 0 unspecified atom stereocenters. The minimum Gasteiger partial charge on any atom is -0.378 e. The summed E-state index contributed by atoms with van der Waals surface area (Å²) >= 11 is 0. The number of hydrogen-bond donors (Lipinski definition) is 0. The van der Waals surface area contributed by atoms with Gasteiger partial charge in [0, 0.05) is 92.8 Å². The fourth-order valence-electron chi connectivity index (χ4n) is 5.93. The average Bonchev–Trinajstić information content (AvgIpc) is 3.70. The lowest BCUT2D eigenvalue weighted by Gasteiger charge is -2.36. The highest BCUT2D eigenvalue weighted by atomic mass is 16.5. The van der Waals surface area contributed by atoms with Gasteiger partial charge in [-0.05, 0) is 30.3 Å². The van der Waals surface area contributed by atoms with Crippen LogP contribution in [-0.2, 0) is 11.8 Å². The van der Waals surface area contributed by atoms with Crippen LogP contribution in [0.15, 0.2) is 73.4 Å². The van der Waals surface area contributed by atoms with Crippen LogP contribution in [0.3, 0.4) is 0 Å². The zero-order valence-electron chi connectivity index (χ0n) is 23.9. The second kappa shape index (κ2) is 12.2. The van der Waals surface area contributed by atoms with E-state index >= 15 is 0 Å². The van der Waals surface area contributed by atoms with Crippen LogP contribution in [0.1, 0.15) is 23.3 Å². The van der Waals surface area contributed by atoms with Gasteiger partial charge in [-0.2, -0.15) is 15.5 Å². The molecule has 0 aliphatic carbocycles. The Kier molecular flexibility index (Phi) is 8.00. The molecule has 0 atom stereocenters. The van der Waals surface area contributed by atoms with Gasteiger partial charge in [0.2, 0.25) is 0 Å². The molecule has 6 heterocycles. The first kappa shape index (κ1) is 28.9. The number of piperazine rings is 1. The number of fused-ring (bicyclic) bond motifs is 1. The zero-order chi connectivity index (χ0) is 29.3. The Balaban J connectivity index is 0.00000343. The fraction of sp³-hybridized carbons (Fsp3) is 0.303. The molecule has 0 N–H and O–H groups in total. The molecule has 2 saturated heterocycles. The molecule has 0 spiro atoms. The van der Waals surface area contributed by atoms with Gasteiger partial charge in [-0.3, -0.25) is 9.48 Å². The van der Waals surface area contributed by atoms with Crippen LogP contribution < -0.4 is 9.80 Å². The van der Waals surface area contributed by atoms with E-state index in [4.69, 9.17) is 9.72 Å². The Bertz CT molecular complexity index is 1820. The van der Waals surface area contributed by atoms with Crippen LogP contribution in [-0.4, -0.2) is 87.7 Å². The fourth-order valence-corrected chi connectivity index (χ4v) is 5.93. The van der Waals surface area contributed by atoms with E-state index in [0.29, 0.717) is 45.0 Å². The van der Waals surface area contributed by atoms with Crippen LogP contribution in [0.5, 0.6) is 0 Å². The van der Waals surface area contributed by atoms with Crippen LogP contribution in [0, 0.1) is 11.3 Å². The van der Waals surface area contributed by atoms with Crippen LogP contribution in [0.4, 0.5) is 11.5 Å². The number of carbonyl (C=O) groups excluding carboxylic acids is 1. The van der Waals surface area contributed by atoms with Crippen molar-refractivity contribution in [3.63, 3.8) is 0 Å². The van der Waals surface area contributed by atoms with Gasteiger partial charge in [-0.1, -0.05) is 19.6 Å². The van der Waals surface area contributed by atoms with Crippen molar-refractivity contribution in [1.82, 2.24) is 29.3 Å². The summed E-state index contributed by atoms with van der Waals surface area (Å²) in [4.78, 5) is 24.8. The van der Waals surface area contributed by atoms with E-state index in [1.54, 1.807) is 15.4 Å². The van der Waals surface area contributed by atoms with Crippen LogP contribution >= 0.6 is 0 Å². The summed E-state index contributed by atoms with van der Waals surface area (Å²) in [6.07, 6.45) is 9.12. The minimum absolute atomic E-state index is 0. The van der Waals surface area contributed by atoms with Crippen molar-refractivity contribution in [2.75, 3.05) is 62.3 Å². The number of pyridine rings is 2. The van der Waals surface area contributed by atoms with Gasteiger partial charge < -0.3 is 19.4 Å². The van der Waals surface area contributed by atoms with Crippen molar-refractivity contribution in [1.29, 1.82) is 5.26 Å². The van der Waals surface area contributed by atoms with Crippen molar-refractivity contribution in [2.24, 2.45) is 7.05 Å². The van der Waals surface area contributed by atoms with Gasteiger partial charge in [0.15, 0.2) is 0 Å². The smallest absolute Gasteiger partial charge is 0.256 e. The monoisotopic (exact) mass is 589 g/mol. The SMILES string of the molecule is C.Cn1cc(-c2cc(-c3ccc(N4CCN(C(=O)c5ccccc5N5CCOCC5)CC4)nc3)c3c(C#N)cnn3c2)cn1. The largest absolute Gasteiger partial charge is 0.378 e. The molecule has 224 valence electrons. The van der Waals surface area contributed by atoms with Crippen molar-refractivity contribution in [2.45, 2.75) is 7.43 Å². The second-order valence-corrected chi connectivity index (χ2v) is 10.8. The molecule has 2 fully saturated rings. The Labute approximate surface area is 256 Å². The van der Waals surface area contributed by atoms with Gasteiger partial charge in [0.1, 0.15) is 11.9 Å². The van der Waals surface area contributed by atoms with Crippen LogP contribution in [0.2, 0.25) is 0 Å². The van der Waals surface area contributed by atoms with Crippen molar-refractivity contribution in [3.05, 3.63) is 84.6 Å². The predicted molar refractivity (Wildman–Crippen MR) is 170 cm³/mol. The van der Waals surface area contributed by atoms with E-state index in [1.807, 2.05) is 73.1 Å². The van der Waals surface area contributed by atoms with E-state index in [1.165, 1.54) is 0 Å². The minimum atomic E-state index is 0. The molecule has 5 aromatic rings. The zero-order valence-corrected chi connectivity index (χ0v) is 23.9. The normalized spacial score (nSPS) is 15.2. The molecule has 1 aromatic carbocycles. The molecule has 1 amide bonds. The molecule has 2 aliphatic heterocycles. The topological polar surface area (TPSA) is 108 Å². The summed E-state index contributed by atoms with van der Waals surface area (Å²) in [7, 11) is 1.88. The van der Waals surface area contributed by atoms with Gasteiger partial charge >= 0.3 is 0 Å². The first-order chi connectivity index (χ1) is 21.1.